The fourth-order valence-electron chi connectivity index (χ4n) is 1.87. The van der Waals surface area contributed by atoms with Gasteiger partial charge in [0.1, 0.15) is 5.75 Å². The lowest BCUT2D eigenvalue weighted by Gasteiger charge is -2.17. The lowest BCUT2D eigenvalue weighted by atomic mass is 9.95. The summed E-state index contributed by atoms with van der Waals surface area (Å²) in [4.78, 5) is 0. The van der Waals surface area contributed by atoms with Crippen LogP contribution in [0, 0.1) is 0 Å². The van der Waals surface area contributed by atoms with Crippen molar-refractivity contribution in [3.05, 3.63) is 29.3 Å². The van der Waals surface area contributed by atoms with Crippen molar-refractivity contribution < 1.29 is 5.11 Å². The van der Waals surface area contributed by atoms with Gasteiger partial charge < -0.3 is 5.11 Å². The zero-order valence-electron chi connectivity index (χ0n) is 10.7. The molecule has 90 valence electrons. The highest BCUT2D eigenvalue weighted by molar-refractivity contribution is 7.99. The van der Waals surface area contributed by atoms with Gasteiger partial charge in [0.2, 0.25) is 0 Å². The van der Waals surface area contributed by atoms with Crippen LogP contribution in [0.4, 0.5) is 0 Å². The maximum Gasteiger partial charge on any atom is 0.123 e. The maximum atomic E-state index is 10.3. The second-order valence-electron chi connectivity index (χ2n) is 4.19. The van der Waals surface area contributed by atoms with Gasteiger partial charge in [-0.1, -0.05) is 39.0 Å². The van der Waals surface area contributed by atoms with Gasteiger partial charge >= 0.3 is 0 Å². The molecule has 0 aliphatic carbocycles. The molecule has 0 saturated carbocycles. The maximum absolute atomic E-state index is 10.3. The van der Waals surface area contributed by atoms with Crippen LogP contribution in [0.15, 0.2) is 18.2 Å². The average molecular weight is 238 g/mol. The van der Waals surface area contributed by atoms with E-state index in [4.69, 9.17) is 0 Å². The Hall–Kier alpha value is -0.630. The van der Waals surface area contributed by atoms with Crippen LogP contribution in [0.2, 0.25) is 0 Å². The summed E-state index contributed by atoms with van der Waals surface area (Å²) in [6.07, 6.45) is 1.06. The third-order valence-electron chi connectivity index (χ3n) is 3.10. The van der Waals surface area contributed by atoms with E-state index >= 15 is 0 Å². The first-order valence-electron chi connectivity index (χ1n) is 6.05. The Kier molecular flexibility index (Phi) is 5.20. The monoisotopic (exact) mass is 238 g/mol. The fraction of sp³-hybridized carbons (Fsp3) is 0.571. The van der Waals surface area contributed by atoms with Crippen molar-refractivity contribution >= 4 is 11.8 Å². The third kappa shape index (κ3) is 2.94. The molecule has 0 heterocycles. The number of hydrogen-bond donors (Lipinski definition) is 1. The van der Waals surface area contributed by atoms with Crippen molar-refractivity contribution in [1.82, 2.24) is 0 Å². The molecule has 0 aliphatic heterocycles. The molecule has 0 unspecified atom stereocenters. The molecule has 2 heteroatoms. The number of phenolic OH excluding ortho intramolecular Hbond substituents is 1. The van der Waals surface area contributed by atoms with Crippen LogP contribution in [0.25, 0.3) is 0 Å². The van der Waals surface area contributed by atoms with Gasteiger partial charge in [-0.3, -0.25) is 0 Å². The number of benzene rings is 1. The Balaban J connectivity index is 3.03. The van der Waals surface area contributed by atoms with Crippen molar-refractivity contribution in [2.75, 3.05) is 5.75 Å². The predicted molar refractivity (Wildman–Crippen MR) is 73.4 cm³/mol. The molecule has 1 aromatic rings. The normalized spacial score (nSPS) is 14.8. The largest absolute Gasteiger partial charge is 0.507 e. The molecule has 0 saturated heterocycles. The van der Waals surface area contributed by atoms with Crippen LogP contribution in [0.5, 0.6) is 5.75 Å². The summed E-state index contributed by atoms with van der Waals surface area (Å²) in [5.74, 6) is 2.01. The zero-order valence-corrected chi connectivity index (χ0v) is 11.5. The zero-order chi connectivity index (χ0) is 12.1. The lowest BCUT2D eigenvalue weighted by molar-refractivity contribution is 0.455. The van der Waals surface area contributed by atoms with E-state index in [2.05, 4.69) is 33.8 Å². The van der Waals surface area contributed by atoms with Gasteiger partial charge in [0.05, 0.1) is 0 Å². The van der Waals surface area contributed by atoms with Gasteiger partial charge in [-0.25, -0.2) is 0 Å². The molecule has 1 aromatic carbocycles. The molecule has 0 spiro atoms. The highest BCUT2D eigenvalue weighted by atomic mass is 32.2. The van der Waals surface area contributed by atoms with Gasteiger partial charge in [-0.05, 0) is 30.6 Å². The highest BCUT2D eigenvalue weighted by Crippen LogP contribution is 2.38. The molecule has 1 nitrogen and oxygen atoms in total. The van der Waals surface area contributed by atoms with E-state index in [1.807, 2.05) is 23.9 Å². The minimum Gasteiger partial charge on any atom is -0.507 e. The molecule has 0 aromatic heterocycles. The molecule has 0 fully saturated rings. The van der Waals surface area contributed by atoms with Crippen molar-refractivity contribution in [3.8, 4) is 5.75 Å². The molecule has 0 aliphatic rings. The number of aromatic hydroxyl groups is 1. The third-order valence-corrected chi connectivity index (χ3v) is 4.18. The summed E-state index contributed by atoms with van der Waals surface area (Å²) in [5.41, 5.74) is 2.16. The SMILES string of the molecule is CCS[C@@H](C)c1cccc([C@H](C)CC)c1O. The quantitative estimate of drug-likeness (QED) is 0.801. The predicted octanol–water partition coefficient (Wildman–Crippen LogP) is 4.72. The molecule has 16 heavy (non-hydrogen) atoms. The topological polar surface area (TPSA) is 20.2 Å². The van der Waals surface area contributed by atoms with E-state index in [1.54, 1.807) is 0 Å². The number of thioether (sulfide) groups is 1. The van der Waals surface area contributed by atoms with E-state index in [1.165, 1.54) is 0 Å². The summed E-state index contributed by atoms with van der Waals surface area (Å²) in [6.45, 7) is 8.62. The molecule has 1 N–H and O–H groups in total. The standard InChI is InChI=1S/C14H22OS/c1-5-10(3)12-8-7-9-13(14(12)15)11(4)16-6-2/h7-11,15H,5-6H2,1-4H3/t10-,11+/m1/s1. The molecule has 0 bridgehead atoms. The highest BCUT2D eigenvalue weighted by Gasteiger charge is 2.15. The lowest BCUT2D eigenvalue weighted by Crippen LogP contribution is -1.97. The van der Waals surface area contributed by atoms with Gasteiger partial charge in [-0.2, -0.15) is 11.8 Å². The van der Waals surface area contributed by atoms with Crippen LogP contribution in [-0.4, -0.2) is 10.9 Å². The van der Waals surface area contributed by atoms with E-state index in [9.17, 15) is 5.11 Å². The summed E-state index contributed by atoms with van der Waals surface area (Å²) in [7, 11) is 0. The molecular weight excluding hydrogens is 216 g/mol. The first-order chi connectivity index (χ1) is 7.61. The second kappa shape index (κ2) is 6.19. The van der Waals surface area contributed by atoms with Gasteiger partial charge in [0.15, 0.2) is 0 Å². The van der Waals surface area contributed by atoms with Crippen LogP contribution >= 0.6 is 11.8 Å². The van der Waals surface area contributed by atoms with Crippen LogP contribution in [0.3, 0.4) is 0 Å². The van der Waals surface area contributed by atoms with Gasteiger partial charge in [0, 0.05) is 10.8 Å². The van der Waals surface area contributed by atoms with Crippen molar-refractivity contribution in [2.45, 2.75) is 45.3 Å². The van der Waals surface area contributed by atoms with E-state index in [0.717, 1.165) is 23.3 Å². The first-order valence-corrected chi connectivity index (χ1v) is 7.10. The van der Waals surface area contributed by atoms with Crippen LogP contribution < -0.4 is 0 Å². The molecule has 1 rings (SSSR count). The number of rotatable bonds is 5. The average Bonchev–Trinajstić information content (AvgIpc) is 2.28. The van der Waals surface area contributed by atoms with Crippen LogP contribution in [-0.2, 0) is 0 Å². The van der Waals surface area contributed by atoms with Crippen molar-refractivity contribution in [3.63, 3.8) is 0 Å². The number of phenols is 1. The van der Waals surface area contributed by atoms with E-state index in [-0.39, 0.29) is 0 Å². The summed E-state index contributed by atoms with van der Waals surface area (Å²) < 4.78 is 0. The van der Waals surface area contributed by atoms with Crippen LogP contribution in [0.1, 0.15) is 56.4 Å². The van der Waals surface area contributed by atoms with Crippen molar-refractivity contribution in [1.29, 1.82) is 0 Å². The fourth-order valence-corrected chi connectivity index (χ4v) is 2.74. The number of hydrogen-bond acceptors (Lipinski definition) is 2. The Bertz CT molecular complexity index is 336. The number of para-hydroxylation sites is 1. The van der Waals surface area contributed by atoms with E-state index in [0.29, 0.717) is 16.9 Å². The minimum atomic E-state index is 0.369. The first kappa shape index (κ1) is 13.4. The Morgan fingerprint density at radius 2 is 1.81 bits per heavy atom. The summed E-state index contributed by atoms with van der Waals surface area (Å²) in [5, 5.41) is 10.6. The molecule has 0 radical (unpaired) electrons. The Morgan fingerprint density at radius 3 is 2.38 bits per heavy atom. The van der Waals surface area contributed by atoms with E-state index < -0.39 is 0 Å². The smallest absolute Gasteiger partial charge is 0.123 e. The summed E-state index contributed by atoms with van der Waals surface area (Å²) in [6, 6.07) is 6.13. The van der Waals surface area contributed by atoms with Gasteiger partial charge in [0.25, 0.3) is 0 Å². The molecule has 2 atom stereocenters. The second-order valence-corrected chi connectivity index (χ2v) is 5.81. The minimum absolute atomic E-state index is 0.369. The Labute approximate surface area is 103 Å². The Morgan fingerprint density at radius 1 is 1.19 bits per heavy atom. The molecule has 0 amide bonds. The molecular formula is C14H22OS. The summed E-state index contributed by atoms with van der Waals surface area (Å²) >= 11 is 1.87. The van der Waals surface area contributed by atoms with Crippen molar-refractivity contribution in [2.24, 2.45) is 0 Å². The van der Waals surface area contributed by atoms with Gasteiger partial charge in [-0.15, -0.1) is 0 Å².